The highest BCUT2D eigenvalue weighted by atomic mass is 79.9. The fraction of sp³-hybridized carbons (Fsp3) is 0.538. The Morgan fingerprint density at radius 2 is 2.25 bits per heavy atom. The highest BCUT2D eigenvalue weighted by Gasteiger charge is 2.36. The van der Waals surface area contributed by atoms with Crippen molar-refractivity contribution >= 4 is 21.6 Å². The van der Waals surface area contributed by atoms with Gasteiger partial charge >= 0.3 is 0 Å². The quantitative estimate of drug-likeness (QED) is 0.857. The number of nitrogens with zero attached hydrogens (tertiary/aromatic N) is 1. The van der Waals surface area contributed by atoms with Crippen molar-refractivity contribution < 1.29 is 0 Å². The molecule has 1 aromatic rings. The first-order valence-electron chi connectivity index (χ1n) is 6.06. The van der Waals surface area contributed by atoms with Gasteiger partial charge in [0.15, 0.2) is 0 Å². The number of halogens is 1. The predicted molar refractivity (Wildman–Crippen MR) is 70.8 cm³/mol. The number of hydrogen-bond donors (Lipinski definition) is 1. The van der Waals surface area contributed by atoms with E-state index in [1.165, 1.54) is 41.4 Å². The van der Waals surface area contributed by atoms with Crippen LogP contribution in [-0.4, -0.2) is 18.6 Å². The van der Waals surface area contributed by atoms with E-state index >= 15 is 0 Å². The number of benzene rings is 1. The van der Waals surface area contributed by atoms with Crippen LogP contribution in [0.15, 0.2) is 22.7 Å². The van der Waals surface area contributed by atoms with Crippen LogP contribution in [0.5, 0.6) is 0 Å². The van der Waals surface area contributed by atoms with Gasteiger partial charge in [-0.25, -0.2) is 0 Å². The minimum absolute atomic E-state index is 0.550. The molecule has 2 N–H and O–H groups in total. The van der Waals surface area contributed by atoms with Gasteiger partial charge in [0.1, 0.15) is 0 Å². The molecule has 1 saturated heterocycles. The van der Waals surface area contributed by atoms with E-state index in [0.29, 0.717) is 12.1 Å². The van der Waals surface area contributed by atoms with E-state index in [0.717, 1.165) is 6.54 Å². The second-order valence-electron chi connectivity index (χ2n) is 4.86. The number of rotatable bonds is 1. The van der Waals surface area contributed by atoms with Gasteiger partial charge in [0, 0.05) is 28.8 Å². The Kier molecular flexibility index (Phi) is 2.68. The molecule has 0 radical (unpaired) electrons. The molecule has 3 heteroatoms. The maximum absolute atomic E-state index is 5.90. The molecule has 0 aromatic heterocycles. The van der Waals surface area contributed by atoms with Gasteiger partial charge in [0.25, 0.3) is 0 Å². The Morgan fingerprint density at radius 3 is 3.06 bits per heavy atom. The summed E-state index contributed by atoms with van der Waals surface area (Å²) >= 11 is 3.57. The van der Waals surface area contributed by atoms with Crippen LogP contribution in [-0.2, 0) is 6.42 Å². The minimum atomic E-state index is 0.550. The van der Waals surface area contributed by atoms with Crippen LogP contribution in [0.4, 0.5) is 5.69 Å². The van der Waals surface area contributed by atoms with E-state index in [1.807, 2.05) is 0 Å². The molecule has 2 unspecified atom stereocenters. The molecule has 86 valence electrons. The van der Waals surface area contributed by atoms with Crippen LogP contribution in [0.3, 0.4) is 0 Å². The summed E-state index contributed by atoms with van der Waals surface area (Å²) in [7, 11) is 0. The standard InChI is InChI=1S/C13H17BrN2/c14-10-5-4-9-6-11-2-1-3-12(8-15)16(11)13(9)7-10/h4-5,7,11-12H,1-3,6,8,15H2. The smallest absolute Gasteiger partial charge is 0.0416 e. The Hall–Kier alpha value is -0.540. The molecule has 3 rings (SSSR count). The van der Waals surface area contributed by atoms with E-state index < -0.39 is 0 Å². The zero-order valence-corrected chi connectivity index (χ0v) is 10.9. The highest BCUT2D eigenvalue weighted by molar-refractivity contribution is 9.10. The fourth-order valence-electron chi connectivity index (χ4n) is 3.19. The molecule has 1 fully saturated rings. The molecule has 0 saturated carbocycles. The van der Waals surface area contributed by atoms with Crippen LogP contribution in [0.1, 0.15) is 24.8 Å². The Morgan fingerprint density at radius 1 is 1.38 bits per heavy atom. The first-order valence-corrected chi connectivity index (χ1v) is 6.85. The Labute approximate surface area is 105 Å². The topological polar surface area (TPSA) is 29.3 Å². The maximum atomic E-state index is 5.90. The number of nitrogens with two attached hydrogens (primary N) is 1. The lowest BCUT2D eigenvalue weighted by atomic mass is 9.96. The average molecular weight is 281 g/mol. The summed E-state index contributed by atoms with van der Waals surface area (Å²) in [6.45, 7) is 0.780. The van der Waals surface area contributed by atoms with Crippen molar-refractivity contribution in [2.24, 2.45) is 5.73 Å². The molecular weight excluding hydrogens is 264 g/mol. The summed E-state index contributed by atoms with van der Waals surface area (Å²) in [6.07, 6.45) is 5.11. The van der Waals surface area contributed by atoms with Crippen molar-refractivity contribution in [3.8, 4) is 0 Å². The number of anilines is 1. The SMILES string of the molecule is NCC1CCCC2Cc3ccc(Br)cc3N12. The molecule has 1 aromatic carbocycles. The third-order valence-electron chi connectivity index (χ3n) is 3.91. The van der Waals surface area contributed by atoms with Crippen LogP contribution in [0.2, 0.25) is 0 Å². The molecule has 2 nitrogen and oxygen atoms in total. The summed E-state index contributed by atoms with van der Waals surface area (Å²) < 4.78 is 1.17. The molecular formula is C13H17BrN2. The van der Waals surface area contributed by atoms with E-state index in [2.05, 4.69) is 39.0 Å². The first-order chi connectivity index (χ1) is 7.79. The van der Waals surface area contributed by atoms with Gasteiger partial charge in [-0.15, -0.1) is 0 Å². The average Bonchev–Trinajstić information content (AvgIpc) is 2.66. The lowest BCUT2D eigenvalue weighted by Gasteiger charge is -2.39. The fourth-order valence-corrected chi connectivity index (χ4v) is 3.54. The lowest BCUT2D eigenvalue weighted by Crippen LogP contribution is -2.48. The summed E-state index contributed by atoms with van der Waals surface area (Å²) in [5, 5.41) is 0. The zero-order chi connectivity index (χ0) is 11.1. The summed E-state index contributed by atoms with van der Waals surface area (Å²) in [5.41, 5.74) is 8.81. The lowest BCUT2D eigenvalue weighted by molar-refractivity contribution is 0.399. The molecule has 16 heavy (non-hydrogen) atoms. The largest absolute Gasteiger partial charge is 0.364 e. The Balaban J connectivity index is 2.01. The van der Waals surface area contributed by atoms with Crippen LogP contribution in [0, 0.1) is 0 Å². The summed E-state index contributed by atoms with van der Waals surface area (Å²) in [6, 6.07) is 7.91. The van der Waals surface area contributed by atoms with Crippen molar-refractivity contribution in [1.29, 1.82) is 0 Å². The molecule has 0 spiro atoms. The van der Waals surface area contributed by atoms with Crippen LogP contribution >= 0.6 is 15.9 Å². The van der Waals surface area contributed by atoms with Gasteiger partial charge in [0.05, 0.1) is 0 Å². The van der Waals surface area contributed by atoms with E-state index in [1.54, 1.807) is 0 Å². The van der Waals surface area contributed by atoms with Gasteiger partial charge in [-0.2, -0.15) is 0 Å². The third-order valence-corrected chi connectivity index (χ3v) is 4.41. The van der Waals surface area contributed by atoms with Gasteiger partial charge in [-0.05, 0) is 43.4 Å². The highest BCUT2D eigenvalue weighted by Crippen LogP contribution is 2.40. The second-order valence-corrected chi connectivity index (χ2v) is 5.77. The predicted octanol–water partition coefficient (Wildman–Crippen LogP) is 2.69. The second kappa shape index (κ2) is 4.04. The summed E-state index contributed by atoms with van der Waals surface area (Å²) in [5.74, 6) is 0. The van der Waals surface area contributed by atoms with Gasteiger partial charge in [-0.3, -0.25) is 0 Å². The molecule has 0 bridgehead atoms. The molecule has 2 atom stereocenters. The van der Waals surface area contributed by atoms with E-state index in [-0.39, 0.29) is 0 Å². The first kappa shape index (κ1) is 10.6. The summed E-state index contributed by atoms with van der Waals surface area (Å²) in [4.78, 5) is 2.57. The van der Waals surface area contributed by atoms with Crippen LogP contribution in [0.25, 0.3) is 0 Å². The van der Waals surface area contributed by atoms with E-state index in [9.17, 15) is 0 Å². The number of fused-ring (bicyclic) bond motifs is 3. The maximum Gasteiger partial charge on any atom is 0.0416 e. The molecule has 2 aliphatic rings. The number of piperidine rings is 1. The zero-order valence-electron chi connectivity index (χ0n) is 9.32. The molecule has 0 aliphatic carbocycles. The normalized spacial score (nSPS) is 27.8. The van der Waals surface area contributed by atoms with Gasteiger partial charge < -0.3 is 10.6 Å². The minimum Gasteiger partial charge on any atom is -0.364 e. The van der Waals surface area contributed by atoms with Crippen molar-refractivity contribution in [3.05, 3.63) is 28.2 Å². The van der Waals surface area contributed by atoms with Gasteiger partial charge in [-0.1, -0.05) is 22.0 Å². The molecule has 2 heterocycles. The number of hydrogen-bond acceptors (Lipinski definition) is 2. The van der Waals surface area contributed by atoms with Crippen molar-refractivity contribution in [2.75, 3.05) is 11.4 Å². The monoisotopic (exact) mass is 280 g/mol. The molecule has 0 amide bonds. The van der Waals surface area contributed by atoms with Crippen LogP contribution < -0.4 is 10.6 Å². The Bertz CT molecular complexity index is 399. The van der Waals surface area contributed by atoms with E-state index in [4.69, 9.17) is 5.73 Å². The third kappa shape index (κ3) is 1.57. The van der Waals surface area contributed by atoms with Crippen molar-refractivity contribution in [3.63, 3.8) is 0 Å². The molecule has 2 aliphatic heterocycles. The van der Waals surface area contributed by atoms with Crippen molar-refractivity contribution in [1.82, 2.24) is 0 Å². The van der Waals surface area contributed by atoms with Crippen molar-refractivity contribution in [2.45, 2.75) is 37.8 Å². The van der Waals surface area contributed by atoms with Gasteiger partial charge in [0.2, 0.25) is 0 Å².